The zero-order valence-corrected chi connectivity index (χ0v) is 56.1. The van der Waals surface area contributed by atoms with Crippen LogP contribution in [0.5, 0.6) is 0 Å². The zero-order chi connectivity index (χ0) is 68.3. The molecule has 0 spiro atoms. The smallest absolute Gasteiger partial charge is 0.329 e. The van der Waals surface area contributed by atoms with Crippen molar-refractivity contribution in [2.45, 2.75) is 213 Å². The van der Waals surface area contributed by atoms with E-state index in [1.54, 1.807) is 41.5 Å². The first-order valence-corrected chi connectivity index (χ1v) is 31.7. The Hall–Kier alpha value is -5.78. The van der Waals surface area contributed by atoms with Gasteiger partial charge in [-0.05, 0) is 88.0 Å². The Bertz CT molecular complexity index is 2020. The lowest BCUT2D eigenvalue weighted by Gasteiger charge is -2.29. The number of carboxylic acids is 1. The number of ether oxygens (including phenoxy) is 9. The molecule has 0 bridgehead atoms. The Morgan fingerprint density at radius 3 is 1.16 bits per heavy atom. The summed E-state index contributed by atoms with van der Waals surface area (Å²) in [5, 5.41) is 37.5. The fourth-order valence-electron chi connectivity index (χ4n) is 7.93. The van der Waals surface area contributed by atoms with Gasteiger partial charge in [-0.25, -0.2) is 9.59 Å². The molecule has 0 saturated carbocycles. The minimum atomic E-state index is -2.08. The minimum Gasteiger partial charge on any atom is -0.565 e. The molecule has 0 heterocycles. The molecule has 2 atom stereocenters. The third-order valence-corrected chi connectivity index (χ3v) is 12.4. The first kappa shape index (κ1) is 86.3. The summed E-state index contributed by atoms with van der Waals surface area (Å²) in [5.74, 6) is -4.33. The van der Waals surface area contributed by atoms with Crippen LogP contribution in [0.4, 0.5) is 4.79 Å². The Balaban J connectivity index is 0. The lowest BCUT2D eigenvalue weighted by Crippen LogP contribution is -2.47. The van der Waals surface area contributed by atoms with Gasteiger partial charge in [0.1, 0.15) is 48.6 Å². The average molecular weight is 1300 g/mol. The molecule has 90 heavy (non-hydrogen) atoms. The second kappa shape index (κ2) is 51.8. The summed E-state index contributed by atoms with van der Waals surface area (Å²) in [5.41, 5.74) is -2.16. The van der Waals surface area contributed by atoms with Gasteiger partial charge in [0, 0.05) is 38.8 Å². The lowest BCUT2D eigenvalue weighted by molar-refractivity contribution is -0.889. The average Bonchev–Trinajstić information content (AvgIpc) is 1.79. The molecule has 28 nitrogen and oxygen atoms in total. The number of unbranched alkanes of at least 4 members (excludes halogenated alkanes) is 11. The Morgan fingerprint density at radius 2 is 0.733 bits per heavy atom. The number of esters is 3. The molecule has 28 heteroatoms. The van der Waals surface area contributed by atoms with Crippen LogP contribution in [0.1, 0.15) is 184 Å². The largest absolute Gasteiger partial charge is 0.565 e. The third-order valence-electron chi connectivity index (χ3n) is 12.4. The summed E-state index contributed by atoms with van der Waals surface area (Å²) in [6.45, 7) is 20.2. The van der Waals surface area contributed by atoms with Crippen molar-refractivity contribution >= 4 is 59.6 Å². The van der Waals surface area contributed by atoms with Gasteiger partial charge in [0.2, 0.25) is 35.7 Å². The molecule has 524 valence electrons. The molecule has 0 aromatic heterocycles. The number of carbonyl (C=O) groups is 10. The molecule has 0 radical (unpaired) electrons. The zero-order valence-electron chi connectivity index (χ0n) is 56.1. The second-order valence-electron chi connectivity index (χ2n) is 25.1. The molecule has 0 aliphatic heterocycles. The van der Waals surface area contributed by atoms with Crippen LogP contribution in [0.15, 0.2) is 0 Å². The molecule has 7 N–H and O–H groups in total. The van der Waals surface area contributed by atoms with E-state index in [1.165, 1.54) is 12.8 Å². The highest BCUT2D eigenvalue weighted by Crippen LogP contribution is 2.17. The molecule has 0 aliphatic rings. The predicted molar refractivity (Wildman–Crippen MR) is 331 cm³/mol. The summed E-state index contributed by atoms with van der Waals surface area (Å²) in [6.07, 6.45) is 10.5. The Kier molecular flexibility index (Phi) is 49.7. The summed E-state index contributed by atoms with van der Waals surface area (Å²) < 4.78 is 49.5. The van der Waals surface area contributed by atoms with E-state index < -0.39 is 64.8 Å². The van der Waals surface area contributed by atoms with E-state index in [4.69, 9.17) is 62.7 Å². The van der Waals surface area contributed by atoms with Gasteiger partial charge < -0.3 is 93.8 Å². The number of nitrogens with zero attached hydrogens (tertiary/aromatic N) is 1. The van der Waals surface area contributed by atoms with Crippen LogP contribution >= 0.6 is 0 Å². The SMILES string of the molecule is CC(C)(C)OC(=O)CCCCCCCCCCCCCCC(=O)N[C@@H](CCC(=O)N[C@@H](CCC(=O)NCCOCCOCC(=O)NCCOCCOCC(=O)NCC[N+](C)(C)CCOCCOCCC(=O)O)C(=O)OC(C)(C)C)C(=O)OC(C)(C)C.O=C([O-])O. The molecule has 0 aromatic carbocycles. The van der Waals surface area contributed by atoms with E-state index in [-0.39, 0.29) is 135 Å². The van der Waals surface area contributed by atoms with Crippen molar-refractivity contribution in [3.05, 3.63) is 0 Å². The van der Waals surface area contributed by atoms with Crippen molar-refractivity contribution < 1.29 is 110 Å². The van der Waals surface area contributed by atoms with E-state index in [1.807, 2.05) is 34.9 Å². The lowest BCUT2D eigenvalue weighted by atomic mass is 10.0. The monoisotopic (exact) mass is 1290 g/mol. The van der Waals surface area contributed by atoms with Crippen LogP contribution in [0.2, 0.25) is 0 Å². The molecule has 0 rings (SSSR count). The van der Waals surface area contributed by atoms with E-state index in [0.29, 0.717) is 50.2 Å². The number of amides is 5. The van der Waals surface area contributed by atoms with E-state index >= 15 is 0 Å². The first-order chi connectivity index (χ1) is 42.2. The van der Waals surface area contributed by atoms with Gasteiger partial charge in [-0.15, -0.1) is 0 Å². The number of carbonyl (C=O) groups excluding carboxylic acids is 8. The third kappa shape index (κ3) is 62.4. The van der Waals surface area contributed by atoms with Gasteiger partial charge in [0.15, 0.2) is 0 Å². The van der Waals surface area contributed by atoms with Crippen molar-refractivity contribution in [2.75, 3.05) is 126 Å². The predicted octanol–water partition coefficient (Wildman–Crippen LogP) is 3.89. The molecule has 0 saturated heterocycles. The number of aliphatic carboxylic acids is 1. The molecule has 0 unspecified atom stereocenters. The normalized spacial score (nSPS) is 12.3. The van der Waals surface area contributed by atoms with Crippen LogP contribution in [0.25, 0.3) is 0 Å². The summed E-state index contributed by atoms with van der Waals surface area (Å²) >= 11 is 0. The topological polar surface area (TPSA) is 377 Å². The van der Waals surface area contributed by atoms with Gasteiger partial charge in [-0.2, -0.15) is 0 Å². The van der Waals surface area contributed by atoms with Crippen molar-refractivity contribution in [3.8, 4) is 0 Å². The number of carboxylic acid groups (broad SMARTS) is 3. The van der Waals surface area contributed by atoms with Gasteiger partial charge in [0.25, 0.3) is 0 Å². The molecule has 0 fully saturated rings. The number of hydrogen-bond acceptors (Lipinski definition) is 20. The maximum Gasteiger partial charge on any atom is 0.329 e. The summed E-state index contributed by atoms with van der Waals surface area (Å²) in [4.78, 5) is 121. The highest BCUT2D eigenvalue weighted by molar-refractivity contribution is 5.87. The van der Waals surface area contributed by atoms with E-state index in [2.05, 4.69) is 26.6 Å². The standard InChI is InChI=1S/C61H112N6O19.CH2O3/c1-59(2,3)84-56(75)25-23-21-19-17-15-13-12-14-16-18-20-22-24-51(69)65-49(58(77)86-61(7,8)9)27-29-52(70)66-48(57(76)85-60(4,5)6)26-28-50(68)63-32-37-79-42-45-83-47-54(72)64-33-38-80-43-44-82-46-53(71)62-31-34-67(10,11)35-39-81-41-40-78-36-30-55(73)74;2-1(3)4/h48-49H,12-47H2,1-11H3,(H5-,62,63,64,65,66,68,69,70,71,72,73,74);(H2,2,3,4)/t48-,49-;/m0./s1. The Labute approximate surface area is 534 Å². The van der Waals surface area contributed by atoms with Crippen LogP contribution < -0.4 is 31.7 Å². The fraction of sp³-hybridized carbons (Fsp3) is 0.839. The first-order valence-electron chi connectivity index (χ1n) is 31.7. The number of likely N-dealkylation sites (N-methyl/N-ethyl adjacent to an activating group) is 1. The number of nitrogens with one attached hydrogen (secondary N) is 5. The minimum absolute atomic E-state index is 0.0408. The maximum absolute atomic E-state index is 13.3. The van der Waals surface area contributed by atoms with Crippen molar-refractivity contribution in [2.24, 2.45) is 0 Å². The van der Waals surface area contributed by atoms with Gasteiger partial charge in [-0.3, -0.25) is 33.6 Å². The van der Waals surface area contributed by atoms with Crippen molar-refractivity contribution in [3.63, 3.8) is 0 Å². The van der Waals surface area contributed by atoms with Crippen molar-refractivity contribution in [1.29, 1.82) is 0 Å². The van der Waals surface area contributed by atoms with Gasteiger partial charge >= 0.3 is 23.9 Å². The van der Waals surface area contributed by atoms with Gasteiger partial charge in [0.05, 0.1) is 99.7 Å². The van der Waals surface area contributed by atoms with Crippen LogP contribution in [-0.2, 0) is 85.8 Å². The van der Waals surface area contributed by atoms with Gasteiger partial charge in [-0.1, -0.05) is 64.2 Å². The van der Waals surface area contributed by atoms with E-state index in [9.17, 15) is 43.2 Å². The van der Waals surface area contributed by atoms with Crippen molar-refractivity contribution in [1.82, 2.24) is 26.6 Å². The maximum atomic E-state index is 13.3. The molecule has 5 amide bonds. The number of rotatable bonds is 53. The van der Waals surface area contributed by atoms with Crippen LogP contribution in [-0.4, -0.2) is 229 Å². The second-order valence-corrected chi connectivity index (χ2v) is 25.1. The van der Waals surface area contributed by atoms with Crippen LogP contribution in [0.3, 0.4) is 0 Å². The quantitative estimate of drug-likeness (QED) is 0.0196. The summed E-state index contributed by atoms with van der Waals surface area (Å²) in [7, 11) is 4.05. The highest BCUT2D eigenvalue weighted by atomic mass is 16.6. The van der Waals surface area contributed by atoms with Crippen LogP contribution in [0, 0.1) is 0 Å². The molecule has 0 aliphatic carbocycles. The highest BCUT2D eigenvalue weighted by Gasteiger charge is 2.30. The molecule has 0 aromatic rings. The fourth-order valence-corrected chi connectivity index (χ4v) is 7.93. The summed E-state index contributed by atoms with van der Waals surface area (Å²) in [6, 6.07) is -2.27. The van der Waals surface area contributed by atoms with E-state index in [0.717, 1.165) is 64.3 Å². The molecular weight excluding hydrogens is 1180 g/mol. The Morgan fingerprint density at radius 1 is 0.389 bits per heavy atom. The number of quaternary nitrogens is 1. The number of hydrogen-bond donors (Lipinski definition) is 7. The molecular formula is C62H114N6O22.